The Kier molecular flexibility index (Phi) is 5.65. The third-order valence-corrected chi connectivity index (χ3v) is 5.32. The highest BCUT2D eigenvalue weighted by molar-refractivity contribution is 7.07. The maximum Gasteiger partial charge on any atom is 0.314 e. The van der Waals surface area contributed by atoms with Gasteiger partial charge in [-0.25, -0.2) is 4.79 Å². The average molecular weight is 310 g/mol. The minimum absolute atomic E-state index is 0.143. The normalized spacial score (nSPS) is 27.1. The first-order valence-corrected chi connectivity index (χ1v) is 8.67. The standard InChI is InChI=1S/C16H26N2O2S/c1-12(13-6-8-21-10-13)9-17-15(20)18-11-16(2)7-4-3-5-14(16)19/h6,8,10,12,14,19H,3-5,7,9,11H2,1-2H3,(H2,17,18,20). The van der Waals surface area contributed by atoms with Crippen LogP contribution in [0.4, 0.5) is 4.79 Å². The van der Waals surface area contributed by atoms with Crippen LogP contribution < -0.4 is 10.6 Å². The van der Waals surface area contributed by atoms with E-state index in [2.05, 4.69) is 41.3 Å². The van der Waals surface area contributed by atoms with Crippen LogP contribution >= 0.6 is 11.3 Å². The van der Waals surface area contributed by atoms with Crippen LogP contribution in [0.3, 0.4) is 0 Å². The molecule has 0 spiro atoms. The Balaban J connectivity index is 1.72. The summed E-state index contributed by atoms with van der Waals surface area (Å²) < 4.78 is 0. The average Bonchev–Trinajstić information content (AvgIpc) is 3.00. The summed E-state index contributed by atoms with van der Waals surface area (Å²) in [5.74, 6) is 0.317. The molecule has 1 aromatic heterocycles. The molecule has 2 rings (SSSR count). The zero-order valence-corrected chi connectivity index (χ0v) is 13.7. The zero-order valence-electron chi connectivity index (χ0n) is 12.9. The lowest BCUT2D eigenvalue weighted by Crippen LogP contribution is -2.48. The van der Waals surface area contributed by atoms with Crippen LogP contribution in [-0.2, 0) is 0 Å². The molecule has 21 heavy (non-hydrogen) atoms. The lowest BCUT2D eigenvalue weighted by atomic mass is 9.73. The van der Waals surface area contributed by atoms with Gasteiger partial charge in [-0.3, -0.25) is 0 Å². The van der Waals surface area contributed by atoms with E-state index in [-0.39, 0.29) is 17.6 Å². The second-order valence-electron chi connectivity index (χ2n) is 6.44. The monoisotopic (exact) mass is 310 g/mol. The Labute approximate surface area is 131 Å². The number of amides is 2. The molecule has 3 N–H and O–H groups in total. The van der Waals surface area contributed by atoms with Gasteiger partial charge in [0.1, 0.15) is 0 Å². The molecule has 0 bridgehead atoms. The summed E-state index contributed by atoms with van der Waals surface area (Å²) in [4.78, 5) is 11.9. The summed E-state index contributed by atoms with van der Waals surface area (Å²) in [6.45, 7) is 5.33. The number of urea groups is 1. The summed E-state index contributed by atoms with van der Waals surface area (Å²) in [5, 5.41) is 20.1. The molecular weight excluding hydrogens is 284 g/mol. The number of carbonyl (C=O) groups excluding carboxylic acids is 1. The third kappa shape index (κ3) is 4.45. The van der Waals surface area contributed by atoms with Gasteiger partial charge in [-0.15, -0.1) is 0 Å². The summed E-state index contributed by atoms with van der Waals surface area (Å²) in [6, 6.07) is 1.95. The molecule has 4 nitrogen and oxygen atoms in total. The van der Waals surface area contributed by atoms with Crippen molar-refractivity contribution in [1.29, 1.82) is 0 Å². The molecule has 1 aliphatic carbocycles. The number of thiophene rings is 1. The van der Waals surface area contributed by atoms with Crippen LogP contribution in [0, 0.1) is 5.41 Å². The van der Waals surface area contributed by atoms with E-state index in [4.69, 9.17) is 0 Å². The molecule has 3 unspecified atom stereocenters. The van der Waals surface area contributed by atoms with Crippen molar-refractivity contribution in [2.24, 2.45) is 5.41 Å². The number of aliphatic hydroxyl groups excluding tert-OH is 1. The van der Waals surface area contributed by atoms with Gasteiger partial charge in [0.15, 0.2) is 0 Å². The van der Waals surface area contributed by atoms with Crippen molar-refractivity contribution < 1.29 is 9.90 Å². The van der Waals surface area contributed by atoms with Crippen molar-refractivity contribution in [2.75, 3.05) is 13.1 Å². The smallest absolute Gasteiger partial charge is 0.314 e. The van der Waals surface area contributed by atoms with Gasteiger partial charge in [0, 0.05) is 18.5 Å². The Hall–Kier alpha value is -1.07. The Morgan fingerprint density at radius 3 is 3.00 bits per heavy atom. The number of rotatable bonds is 5. The van der Waals surface area contributed by atoms with Crippen molar-refractivity contribution in [1.82, 2.24) is 10.6 Å². The topological polar surface area (TPSA) is 61.4 Å². The number of hydrogen-bond donors (Lipinski definition) is 3. The fraction of sp³-hybridized carbons (Fsp3) is 0.688. The predicted octanol–water partition coefficient (Wildman–Crippen LogP) is 3.09. The molecule has 1 aliphatic rings. The van der Waals surface area contributed by atoms with E-state index in [1.165, 1.54) is 5.56 Å². The molecule has 5 heteroatoms. The third-order valence-electron chi connectivity index (χ3n) is 4.61. The van der Waals surface area contributed by atoms with Gasteiger partial charge in [0.05, 0.1) is 6.10 Å². The first kappa shape index (κ1) is 16.3. The molecule has 1 heterocycles. The summed E-state index contributed by atoms with van der Waals surface area (Å²) >= 11 is 1.67. The molecule has 1 saturated carbocycles. The molecule has 1 aromatic rings. The minimum atomic E-state index is -0.309. The molecule has 0 aromatic carbocycles. The highest BCUT2D eigenvalue weighted by atomic mass is 32.1. The van der Waals surface area contributed by atoms with Crippen LogP contribution in [0.25, 0.3) is 0 Å². The van der Waals surface area contributed by atoms with Crippen LogP contribution in [-0.4, -0.2) is 30.3 Å². The minimum Gasteiger partial charge on any atom is -0.392 e. The number of hydrogen-bond acceptors (Lipinski definition) is 3. The van der Waals surface area contributed by atoms with E-state index in [0.29, 0.717) is 19.0 Å². The van der Waals surface area contributed by atoms with Gasteiger partial charge in [-0.05, 0) is 41.1 Å². The van der Waals surface area contributed by atoms with Crippen molar-refractivity contribution in [3.05, 3.63) is 22.4 Å². The highest BCUT2D eigenvalue weighted by Crippen LogP contribution is 2.35. The molecule has 2 amide bonds. The fourth-order valence-electron chi connectivity index (χ4n) is 2.85. The number of carbonyl (C=O) groups is 1. The maximum absolute atomic E-state index is 11.9. The lowest BCUT2D eigenvalue weighted by molar-refractivity contribution is 0.00309. The van der Waals surface area contributed by atoms with E-state index < -0.39 is 0 Å². The van der Waals surface area contributed by atoms with E-state index in [0.717, 1.165) is 25.7 Å². The van der Waals surface area contributed by atoms with Crippen LogP contribution in [0.5, 0.6) is 0 Å². The summed E-state index contributed by atoms with van der Waals surface area (Å²) in [7, 11) is 0. The molecule has 0 aliphatic heterocycles. The Bertz CT molecular complexity index is 449. The van der Waals surface area contributed by atoms with Gasteiger partial charge < -0.3 is 15.7 Å². The van der Waals surface area contributed by atoms with E-state index in [1.54, 1.807) is 11.3 Å². The van der Waals surface area contributed by atoms with Gasteiger partial charge in [-0.1, -0.05) is 26.7 Å². The van der Waals surface area contributed by atoms with Gasteiger partial charge in [-0.2, -0.15) is 11.3 Å². The zero-order chi connectivity index (χ0) is 15.3. The second kappa shape index (κ2) is 7.27. The maximum atomic E-state index is 11.9. The Morgan fingerprint density at radius 1 is 1.52 bits per heavy atom. The molecule has 0 saturated heterocycles. The van der Waals surface area contributed by atoms with E-state index in [9.17, 15) is 9.90 Å². The summed E-state index contributed by atoms with van der Waals surface area (Å²) in [6.07, 6.45) is 3.72. The van der Waals surface area contributed by atoms with Crippen LogP contribution in [0.2, 0.25) is 0 Å². The Morgan fingerprint density at radius 2 is 2.33 bits per heavy atom. The SMILES string of the molecule is CC(CNC(=O)NCC1(C)CCCCC1O)c1ccsc1. The van der Waals surface area contributed by atoms with Gasteiger partial charge in [0.2, 0.25) is 0 Å². The quantitative estimate of drug-likeness (QED) is 0.782. The molecule has 118 valence electrons. The molecule has 0 radical (unpaired) electrons. The van der Waals surface area contributed by atoms with Gasteiger partial charge >= 0.3 is 6.03 Å². The van der Waals surface area contributed by atoms with E-state index in [1.807, 2.05) is 0 Å². The molecular formula is C16H26N2O2S. The first-order valence-electron chi connectivity index (χ1n) is 7.73. The van der Waals surface area contributed by atoms with Crippen LogP contribution in [0.1, 0.15) is 51.0 Å². The van der Waals surface area contributed by atoms with Crippen molar-refractivity contribution >= 4 is 17.4 Å². The summed E-state index contributed by atoms with van der Waals surface area (Å²) in [5.41, 5.74) is 1.07. The van der Waals surface area contributed by atoms with Crippen molar-refractivity contribution in [2.45, 2.75) is 51.6 Å². The van der Waals surface area contributed by atoms with Crippen molar-refractivity contribution in [3.63, 3.8) is 0 Å². The molecule has 3 atom stereocenters. The molecule has 1 fully saturated rings. The first-order chi connectivity index (χ1) is 10.0. The lowest BCUT2D eigenvalue weighted by Gasteiger charge is -2.38. The second-order valence-corrected chi connectivity index (χ2v) is 7.22. The number of nitrogens with one attached hydrogen (secondary N) is 2. The van der Waals surface area contributed by atoms with Crippen LogP contribution in [0.15, 0.2) is 16.8 Å². The number of aliphatic hydroxyl groups is 1. The highest BCUT2D eigenvalue weighted by Gasteiger charge is 2.35. The largest absolute Gasteiger partial charge is 0.392 e. The van der Waals surface area contributed by atoms with Crippen molar-refractivity contribution in [3.8, 4) is 0 Å². The van der Waals surface area contributed by atoms with E-state index >= 15 is 0 Å². The predicted molar refractivity (Wildman–Crippen MR) is 86.7 cm³/mol. The fourth-order valence-corrected chi connectivity index (χ4v) is 3.63. The van der Waals surface area contributed by atoms with Gasteiger partial charge in [0.25, 0.3) is 0 Å².